The molecule has 1 N–H and O–H groups in total. The number of rotatable bonds is 2. The number of fused-ring (bicyclic) bond motifs is 2. The van der Waals surface area contributed by atoms with Crippen LogP contribution in [0.4, 0.5) is 5.69 Å². The zero-order valence-electron chi connectivity index (χ0n) is 12.5. The smallest absolute Gasteiger partial charge is 0.0712 e. The van der Waals surface area contributed by atoms with Gasteiger partial charge >= 0.3 is 0 Å². The SMILES string of the molecule is C=C(/C=c1/c2c(cc/c1=C/C)CN2)n1ccc2ccncc21. The summed E-state index contributed by atoms with van der Waals surface area (Å²) in [6, 6.07) is 8.47. The fourth-order valence-electron chi connectivity index (χ4n) is 2.98. The summed E-state index contributed by atoms with van der Waals surface area (Å²) in [5, 5.41) is 7.01. The number of nitrogens with one attached hydrogen (secondary N) is 1. The van der Waals surface area contributed by atoms with Crippen LogP contribution in [0.15, 0.2) is 49.4 Å². The van der Waals surface area contributed by atoms with Crippen molar-refractivity contribution in [1.29, 1.82) is 0 Å². The fraction of sp³-hybridized carbons (Fsp3) is 0.105. The van der Waals surface area contributed by atoms with Gasteiger partial charge in [-0.1, -0.05) is 24.8 Å². The van der Waals surface area contributed by atoms with Crippen LogP contribution in [0.3, 0.4) is 0 Å². The Bertz CT molecular complexity index is 1010. The Labute approximate surface area is 128 Å². The van der Waals surface area contributed by atoms with E-state index >= 15 is 0 Å². The number of allylic oxidation sites excluding steroid dienone is 1. The van der Waals surface area contributed by atoms with Gasteiger partial charge in [-0.3, -0.25) is 4.98 Å². The molecule has 0 spiro atoms. The number of aromatic nitrogens is 2. The van der Waals surface area contributed by atoms with Gasteiger partial charge in [0.05, 0.1) is 11.7 Å². The maximum Gasteiger partial charge on any atom is 0.0712 e. The van der Waals surface area contributed by atoms with Crippen LogP contribution in [0.2, 0.25) is 0 Å². The molecule has 0 fully saturated rings. The van der Waals surface area contributed by atoms with Crippen molar-refractivity contribution >= 4 is 34.4 Å². The van der Waals surface area contributed by atoms with E-state index in [0.29, 0.717) is 0 Å². The Morgan fingerprint density at radius 2 is 2.23 bits per heavy atom. The summed E-state index contributed by atoms with van der Waals surface area (Å²) >= 11 is 0. The molecule has 0 unspecified atom stereocenters. The van der Waals surface area contributed by atoms with E-state index in [1.165, 1.54) is 27.1 Å². The van der Waals surface area contributed by atoms with Gasteiger partial charge in [0.25, 0.3) is 0 Å². The molecule has 3 aromatic rings. The number of benzene rings is 1. The maximum atomic E-state index is 4.25. The van der Waals surface area contributed by atoms with Crippen molar-refractivity contribution in [2.45, 2.75) is 13.5 Å². The van der Waals surface area contributed by atoms with E-state index in [1.807, 2.05) is 24.7 Å². The van der Waals surface area contributed by atoms with Crippen LogP contribution < -0.4 is 15.8 Å². The predicted octanol–water partition coefficient (Wildman–Crippen LogP) is 2.71. The highest BCUT2D eigenvalue weighted by Gasteiger charge is 2.13. The molecule has 0 atom stereocenters. The highest BCUT2D eigenvalue weighted by molar-refractivity contribution is 5.88. The first kappa shape index (κ1) is 12.9. The molecule has 0 saturated heterocycles. The van der Waals surface area contributed by atoms with E-state index in [4.69, 9.17) is 0 Å². The van der Waals surface area contributed by atoms with Crippen molar-refractivity contribution in [1.82, 2.24) is 9.55 Å². The standard InChI is InChI=1S/C19H17N3/c1-3-14-4-5-16-11-21-19(16)17(14)10-13(2)22-9-7-15-6-8-20-12-18(15)22/h3-10,12,21H,2,11H2,1H3/b14-3-,17-10+. The molecule has 1 aromatic carbocycles. The monoisotopic (exact) mass is 287 g/mol. The third-order valence-corrected chi connectivity index (χ3v) is 4.25. The van der Waals surface area contributed by atoms with Gasteiger partial charge in [-0.25, -0.2) is 0 Å². The van der Waals surface area contributed by atoms with Crippen LogP contribution in [0.1, 0.15) is 12.5 Å². The van der Waals surface area contributed by atoms with Crippen LogP contribution >= 0.6 is 0 Å². The minimum Gasteiger partial charge on any atom is -0.380 e. The molecule has 108 valence electrons. The molecule has 3 heteroatoms. The zero-order valence-corrected chi connectivity index (χ0v) is 12.5. The number of hydrogen-bond acceptors (Lipinski definition) is 2. The normalized spacial score (nSPS) is 14.6. The number of anilines is 1. The molecule has 1 aliphatic rings. The van der Waals surface area contributed by atoms with E-state index in [-0.39, 0.29) is 0 Å². The van der Waals surface area contributed by atoms with Gasteiger partial charge in [-0.05, 0) is 35.9 Å². The van der Waals surface area contributed by atoms with Crippen molar-refractivity contribution < 1.29 is 0 Å². The number of pyridine rings is 1. The topological polar surface area (TPSA) is 29.9 Å². The van der Waals surface area contributed by atoms with Gasteiger partial charge in [0.2, 0.25) is 0 Å². The third-order valence-electron chi connectivity index (χ3n) is 4.25. The molecule has 1 aliphatic heterocycles. The maximum absolute atomic E-state index is 4.25. The van der Waals surface area contributed by atoms with Crippen molar-refractivity contribution in [2.75, 3.05) is 5.32 Å². The molecular formula is C19H17N3. The second-order valence-corrected chi connectivity index (χ2v) is 5.50. The Morgan fingerprint density at radius 3 is 3.00 bits per heavy atom. The average Bonchev–Trinajstić information content (AvgIpc) is 2.93. The summed E-state index contributed by atoms with van der Waals surface area (Å²) < 4.78 is 2.08. The van der Waals surface area contributed by atoms with Crippen molar-refractivity contribution in [3.05, 3.63) is 65.4 Å². The van der Waals surface area contributed by atoms with E-state index in [1.54, 1.807) is 0 Å². The van der Waals surface area contributed by atoms with Gasteiger partial charge in [-0.15, -0.1) is 0 Å². The van der Waals surface area contributed by atoms with Crippen molar-refractivity contribution in [2.24, 2.45) is 0 Å². The molecule has 22 heavy (non-hydrogen) atoms. The van der Waals surface area contributed by atoms with Crippen LogP contribution in [0.5, 0.6) is 0 Å². The molecule has 0 saturated carbocycles. The van der Waals surface area contributed by atoms with E-state index in [0.717, 1.165) is 17.8 Å². The lowest BCUT2D eigenvalue weighted by molar-refractivity contribution is 1.04. The largest absolute Gasteiger partial charge is 0.380 e. The predicted molar refractivity (Wildman–Crippen MR) is 92.7 cm³/mol. The van der Waals surface area contributed by atoms with Crippen molar-refractivity contribution in [3.8, 4) is 0 Å². The van der Waals surface area contributed by atoms with E-state index < -0.39 is 0 Å². The molecule has 0 radical (unpaired) electrons. The van der Waals surface area contributed by atoms with Crippen LogP contribution in [-0.2, 0) is 6.54 Å². The lowest BCUT2D eigenvalue weighted by Gasteiger charge is -2.22. The quantitative estimate of drug-likeness (QED) is 0.785. The van der Waals surface area contributed by atoms with Gasteiger partial charge in [0.1, 0.15) is 0 Å². The number of hydrogen-bond donors (Lipinski definition) is 1. The summed E-state index contributed by atoms with van der Waals surface area (Å²) in [7, 11) is 0. The molecule has 0 bridgehead atoms. The zero-order chi connectivity index (χ0) is 15.1. The molecule has 4 rings (SSSR count). The van der Waals surface area contributed by atoms with Gasteiger partial charge in [0.15, 0.2) is 0 Å². The highest BCUT2D eigenvalue weighted by atomic mass is 15.0. The first-order valence-corrected chi connectivity index (χ1v) is 7.42. The van der Waals surface area contributed by atoms with E-state index in [2.05, 4.69) is 58.7 Å². The lowest BCUT2D eigenvalue weighted by Crippen LogP contribution is -2.34. The summed E-state index contributed by atoms with van der Waals surface area (Å²) in [5.41, 5.74) is 4.61. The molecule has 3 nitrogen and oxygen atoms in total. The Kier molecular flexibility index (Phi) is 2.86. The summed E-state index contributed by atoms with van der Waals surface area (Å²) in [6.07, 6.45) is 10.0. The number of nitrogens with zero attached hydrogens (tertiary/aromatic N) is 2. The lowest BCUT2D eigenvalue weighted by atomic mass is 10.0. The van der Waals surface area contributed by atoms with Gasteiger partial charge in [0, 0.05) is 40.9 Å². The Balaban J connectivity index is 1.91. The summed E-state index contributed by atoms with van der Waals surface area (Å²) in [4.78, 5) is 4.22. The molecular weight excluding hydrogens is 270 g/mol. The molecule has 0 amide bonds. The van der Waals surface area contributed by atoms with Crippen LogP contribution in [-0.4, -0.2) is 9.55 Å². The van der Waals surface area contributed by atoms with Crippen LogP contribution in [0, 0.1) is 0 Å². The Hall–Kier alpha value is -2.81. The fourth-order valence-corrected chi connectivity index (χ4v) is 2.98. The van der Waals surface area contributed by atoms with E-state index in [9.17, 15) is 0 Å². The average molecular weight is 287 g/mol. The minimum atomic E-state index is 0.938. The highest BCUT2D eigenvalue weighted by Crippen LogP contribution is 2.21. The Morgan fingerprint density at radius 1 is 1.32 bits per heavy atom. The molecule has 0 aliphatic carbocycles. The second kappa shape index (κ2) is 4.88. The molecule has 3 heterocycles. The first-order valence-electron chi connectivity index (χ1n) is 7.42. The third kappa shape index (κ3) is 1.86. The van der Waals surface area contributed by atoms with Crippen LogP contribution in [0.25, 0.3) is 28.8 Å². The first-order chi connectivity index (χ1) is 10.8. The summed E-state index contributed by atoms with van der Waals surface area (Å²) in [5.74, 6) is 0. The molecule has 2 aromatic heterocycles. The second-order valence-electron chi connectivity index (χ2n) is 5.50. The van der Waals surface area contributed by atoms with Gasteiger partial charge < -0.3 is 9.88 Å². The van der Waals surface area contributed by atoms with Crippen molar-refractivity contribution in [3.63, 3.8) is 0 Å². The van der Waals surface area contributed by atoms with Gasteiger partial charge in [-0.2, -0.15) is 0 Å². The minimum absolute atomic E-state index is 0.938. The summed E-state index contributed by atoms with van der Waals surface area (Å²) in [6.45, 7) is 7.26.